The number of methoxy groups -OCH3 is 1. The lowest BCUT2D eigenvalue weighted by Gasteiger charge is -2.27. The molecule has 1 aliphatic heterocycles. The Kier molecular flexibility index (Phi) is 3.41. The first-order chi connectivity index (χ1) is 8.17. The van der Waals surface area contributed by atoms with Gasteiger partial charge in [-0.2, -0.15) is 0 Å². The molecule has 1 unspecified atom stereocenters. The standard InChI is InChI=1S/C13H19FN2O/c1-3-9-5-4-6-16(9)12-8-13(17-2)10(14)7-11(12)15/h7-9H,3-6,15H2,1-2H3. The van der Waals surface area contributed by atoms with E-state index >= 15 is 0 Å². The van der Waals surface area contributed by atoms with E-state index in [1.165, 1.54) is 19.6 Å². The molecule has 2 rings (SSSR count). The van der Waals surface area contributed by atoms with Gasteiger partial charge in [0, 0.05) is 24.7 Å². The van der Waals surface area contributed by atoms with E-state index in [1.54, 1.807) is 6.07 Å². The first-order valence-electron chi connectivity index (χ1n) is 6.07. The van der Waals surface area contributed by atoms with E-state index in [0.29, 0.717) is 11.7 Å². The van der Waals surface area contributed by atoms with Gasteiger partial charge in [0.05, 0.1) is 18.5 Å². The fourth-order valence-corrected chi connectivity index (χ4v) is 2.54. The van der Waals surface area contributed by atoms with Gasteiger partial charge >= 0.3 is 0 Å². The van der Waals surface area contributed by atoms with Gasteiger partial charge in [0.25, 0.3) is 0 Å². The molecule has 17 heavy (non-hydrogen) atoms. The van der Waals surface area contributed by atoms with Gasteiger partial charge in [-0.15, -0.1) is 0 Å². The molecule has 1 fully saturated rings. The van der Waals surface area contributed by atoms with E-state index < -0.39 is 5.82 Å². The number of anilines is 2. The second kappa shape index (κ2) is 4.82. The Balaban J connectivity index is 2.37. The van der Waals surface area contributed by atoms with E-state index in [-0.39, 0.29) is 5.75 Å². The Morgan fingerprint density at radius 3 is 2.94 bits per heavy atom. The van der Waals surface area contributed by atoms with Crippen LogP contribution in [-0.4, -0.2) is 19.7 Å². The fraction of sp³-hybridized carbons (Fsp3) is 0.538. The lowest BCUT2D eigenvalue weighted by Crippen LogP contribution is -2.29. The van der Waals surface area contributed by atoms with Crippen LogP contribution < -0.4 is 15.4 Å². The van der Waals surface area contributed by atoms with Crippen LogP contribution in [0.25, 0.3) is 0 Å². The predicted molar refractivity (Wildman–Crippen MR) is 68.0 cm³/mol. The molecule has 1 aromatic carbocycles. The molecule has 0 amide bonds. The minimum absolute atomic E-state index is 0.260. The van der Waals surface area contributed by atoms with Gasteiger partial charge in [0.1, 0.15) is 0 Å². The Bertz CT molecular complexity index is 409. The molecular formula is C13H19FN2O. The highest BCUT2D eigenvalue weighted by molar-refractivity contribution is 5.70. The molecular weight excluding hydrogens is 219 g/mol. The van der Waals surface area contributed by atoms with Crippen LogP contribution in [0.2, 0.25) is 0 Å². The monoisotopic (exact) mass is 238 g/mol. The van der Waals surface area contributed by atoms with Gasteiger partial charge in [-0.25, -0.2) is 4.39 Å². The van der Waals surface area contributed by atoms with Gasteiger partial charge in [-0.3, -0.25) is 0 Å². The van der Waals surface area contributed by atoms with Crippen molar-refractivity contribution in [1.29, 1.82) is 0 Å². The van der Waals surface area contributed by atoms with Crippen LogP contribution >= 0.6 is 0 Å². The van der Waals surface area contributed by atoms with Gasteiger partial charge in [-0.05, 0) is 19.3 Å². The van der Waals surface area contributed by atoms with Gasteiger partial charge in [0.2, 0.25) is 0 Å². The smallest absolute Gasteiger partial charge is 0.167 e. The molecule has 0 bridgehead atoms. The number of rotatable bonds is 3. The molecule has 1 atom stereocenters. The number of ether oxygens (including phenoxy) is 1. The average molecular weight is 238 g/mol. The second-order valence-corrected chi connectivity index (χ2v) is 4.44. The number of halogens is 1. The van der Waals surface area contributed by atoms with E-state index in [4.69, 9.17) is 10.5 Å². The zero-order valence-corrected chi connectivity index (χ0v) is 10.4. The number of nitrogens with two attached hydrogens (primary N) is 1. The summed E-state index contributed by atoms with van der Waals surface area (Å²) < 4.78 is 18.5. The molecule has 1 aromatic rings. The Labute approximate surface area is 101 Å². The SMILES string of the molecule is CCC1CCCN1c1cc(OC)c(F)cc1N. The van der Waals surface area contributed by atoms with Crippen molar-refractivity contribution >= 4 is 11.4 Å². The topological polar surface area (TPSA) is 38.5 Å². The quantitative estimate of drug-likeness (QED) is 0.823. The zero-order valence-electron chi connectivity index (χ0n) is 10.4. The molecule has 2 N–H and O–H groups in total. The summed E-state index contributed by atoms with van der Waals surface area (Å²) in [4.78, 5) is 2.26. The molecule has 0 aliphatic carbocycles. The van der Waals surface area contributed by atoms with Crippen LogP contribution in [0.4, 0.5) is 15.8 Å². The van der Waals surface area contributed by atoms with Crippen LogP contribution in [0.1, 0.15) is 26.2 Å². The number of benzene rings is 1. The van der Waals surface area contributed by atoms with E-state index in [9.17, 15) is 4.39 Å². The van der Waals surface area contributed by atoms with E-state index in [2.05, 4.69) is 11.8 Å². The van der Waals surface area contributed by atoms with Crippen molar-refractivity contribution < 1.29 is 9.13 Å². The molecule has 1 saturated heterocycles. The average Bonchev–Trinajstić information content (AvgIpc) is 2.77. The first kappa shape index (κ1) is 12.0. The third-order valence-electron chi connectivity index (χ3n) is 3.46. The lowest BCUT2D eigenvalue weighted by molar-refractivity contribution is 0.386. The van der Waals surface area contributed by atoms with Crippen LogP contribution in [0.5, 0.6) is 5.75 Å². The van der Waals surface area contributed by atoms with Crippen molar-refractivity contribution in [3.63, 3.8) is 0 Å². The third-order valence-corrected chi connectivity index (χ3v) is 3.46. The zero-order chi connectivity index (χ0) is 12.4. The molecule has 0 saturated carbocycles. The third kappa shape index (κ3) is 2.16. The summed E-state index contributed by atoms with van der Waals surface area (Å²) in [6.07, 6.45) is 3.42. The highest BCUT2D eigenvalue weighted by Crippen LogP contribution is 2.35. The van der Waals surface area contributed by atoms with Crippen LogP contribution in [0.15, 0.2) is 12.1 Å². The molecule has 0 spiro atoms. The molecule has 0 aromatic heterocycles. The van der Waals surface area contributed by atoms with Crippen LogP contribution in [0.3, 0.4) is 0 Å². The van der Waals surface area contributed by atoms with Crippen LogP contribution in [0, 0.1) is 5.82 Å². The molecule has 1 heterocycles. The largest absolute Gasteiger partial charge is 0.494 e. The lowest BCUT2D eigenvalue weighted by atomic mass is 10.1. The van der Waals surface area contributed by atoms with Gasteiger partial charge < -0.3 is 15.4 Å². The van der Waals surface area contributed by atoms with Crippen molar-refractivity contribution in [1.82, 2.24) is 0 Å². The highest BCUT2D eigenvalue weighted by atomic mass is 19.1. The van der Waals surface area contributed by atoms with Gasteiger partial charge in [-0.1, -0.05) is 6.92 Å². The molecule has 4 heteroatoms. The minimum atomic E-state index is -0.402. The number of hydrogen-bond donors (Lipinski definition) is 1. The van der Waals surface area contributed by atoms with Crippen molar-refractivity contribution in [2.24, 2.45) is 0 Å². The molecule has 3 nitrogen and oxygen atoms in total. The molecule has 1 aliphatic rings. The summed E-state index contributed by atoms with van der Waals surface area (Å²) in [5.74, 6) is -0.142. The predicted octanol–water partition coefficient (Wildman–Crippen LogP) is 2.80. The number of hydrogen-bond acceptors (Lipinski definition) is 3. The first-order valence-corrected chi connectivity index (χ1v) is 6.07. The van der Waals surface area contributed by atoms with Crippen molar-refractivity contribution in [2.45, 2.75) is 32.2 Å². The molecule has 0 radical (unpaired) electrons. The van der Waals surface area contributed by atoms with Gasteiger partial charge in [0.15, 0.2) is 11.6 Å². The number of nitrogens with zero attached hydrogens (tertiary/aromatic N) is 1. The fourth-order valence-electron chi connectivity index (χ4n) is 2.54. The Morgan fingerprint density at radius 2 is 2.29 bits per heavy atom. The van der Waals surface area contributed by atoms with Crippen molar-refractivity contribution in [2.75, 3.05) is 24.3 Å². The summed E-state index contributed by atoms with van der Waals surface area (Å²) >= 11 is 0. The maximum atomic E-state index is 13.5. The molecule has 94 valence electrons. The normalized spacial score (nSPS) is 19.7. The summed E-state index contributed by atoms with van der Waals surface area (Å²) in [6.45, 7) is 3.15. The maximum Gasteiger partial charge on any atom is 0.167 e. The van der Waals surface area contributed by atoms with Crippen molar-refractivity contribution in [3.05, 3.63) is 17.9 Å². The number of nitrogen functional groups attached to an aromatic ring is 1. The minimum Gasteiger partial charge on any atom is -0.494 e. The maximum absolute atomic E-state index is 13.5. The summed E-state index contributed by atoms with van der Waals surface area (Å²) in [5.41, 5.74) is 7.29. The summed E-state index contributed by atoms with van der Waals surface area (Å²) in [5, 5.41) is 0. The van der Waals surface area contributed by atoms with E-state index in [0.717, 1.165) is 25.1 Å². The van der Waals surface area contributed by atoms with Crippen molar-refractivity contribution in [3.8, 4) is 5.75 Å². The van der Waals surface area contributed by atoms with E-state index in [1.807, 2.05) is 0 Å². The van der Waals surface area contributed by atoms with Crippen LogP contribution in [-0.2, 0) is 0 Å². The Morgan fingerprint density at radius 1 is 1.53 bits per heavy atom. The highest BCUT2D eigenvalue weighted by Gasteiger charge is 2.25. The summed E-state index contributed by atoms with van der Waals surface area (Å²) in [7, 11) is 1.47. The Hall–Kier alpha value is -1.45. The summed E-state index contributed by atoms with van der Waals surface area (Å²) in [6, 6.07) is 3.56. The second-order valence-electron chi connectivity index (χ2n) is 4.44.